The summed E-state index contributed by atoms with van der Waals surface area (Å²) in [5.74, 6) is -0.486. The van der Waals surface area contributed by atoms with E-state index >= 15 is 0 Å². The third kappa shape index (κ3) is 5.37. The number of carbonyl (C=O) groups is 2. The summed E-state index contributed by atoms with van der Waals surface area (Å²) >= 11 is 11.8. The molecule has 5 nitrogen and oxygen atoms in total. The van der Waals surface area contributed by atoms with Crippen molar-refractivity contribution in [3.63, 3.8) is 0 Å². The summed E-state index contributed by atoms with van der Waals surface area (Å²) < 4.78 is 10.6. The van der Waals surface area contributed by atoms with Gasteiger partial charge in [0.1, 0.15) is 5.75 Å². The molecule has 1 aliphatic carbocycles. The number of fused-ring (bicyclic) bond motifs is 1. The van der Waals surface area contributed by atoms with E-state index in [2.05, 4.69) is 5.32 Å². The van der Waals surface area contributed by atoms with Crippen molar-refractivity contribution in [1.29, 1.82) is 0 Å². The van der Waals surface area contributed by atoms with Crippen LogP contribution in [-0.4, -0.2) is 24.6 Å². The van der Waals surface area contributed by atoms with Gasteiger partial charge in [0.2, 0.25) is 0 Å². The molecule has 2 aromatic carbocycles. The number of nitrogens with one attached hydrogen (secondary N) is 1. The van der Waals surface area contributed by atoms with E-state index in [0.29, 0.717) is 21.5 Å². The van der Waals surface area contributed by atoms with Crippen LogP contribution < -0.4 is 10.1 Å². The molecule has 1 unspecified atom stereocenters. The Morgan fingerprint density at radius 2 is 1.78 bits per heavy atom. The summed E-state index contributed by atoms with van der Waals surface area (Å²) in [6.07, 6.45) is 2.27. The molecule has 0 spiro atoms. The van der Waals surface area contributed by atoms with Crippen LogP contribution in [0, 0.1) is 0 Å². The van der Waals surface area contributed by atoms with Gasteiger partial charge in [0.05, 0.1) is 0 Å². The average Bonchev–Trinajstić information content (AvgIpc) is 3.06. The van der Waals surface area contributed by atoms with Crippen LogP contribution in [0.4, 0.5) is 5.69 Å². The second kappa shape index (κ2) is 8.63. The minimum absolute atomic E-state index is 0.264. The van der Waals surface area contributed by atoms with Gasteiger partial charge in [0, 0.05) is 15.7 Å². The summed E-state index contributed by atoms with van der Waals surface area (Å²) in [5, 5.41) is 3.39. The van der Waals surface area contributed by atoms with Crippen LogP contribution in [0.1, 0.15) is 24.5 Å². The van der Waals surface area contributed by atoms with Crippen LogP contribution in [0.25, 0.3) is 0 Å². The number of hydrogen-bond donors (Lipinski definition) is 1. The predicted octanol–water partition coefficient (Wildman–Crippen LogP) is 4.43. The van der Waals surface area contributed by atoms with Crippen molar-refractivity contribution in [3.05, 3.63) is 57.6 Å². The molecule has 1 N–H and O–H groups in total. The molecule has 27 heavy (non-hydrogen) atoms. The van der Waals surface area contributed by atoms with Crippen molar-refractivity contribution in [2.24, 2.45) is 0 Å². The van der Waals surface area contributed by atoms with E-state index in [0.717, 1.165) is 19.3 Å². The van der Waals surface area contributed by atoms with Crippen molar-refractivity contribution < 1.29 is 19.1 Å². The van der Waals surface area contributed by atoms with Crippen molar-refractivity contribution in [1.82, 2.24) is 0 Å². The Balaban J connectivity index is 1.48. The number of benzene rings is 2. The first-order chi connectivity index (χ1) is 12.9. The fourth-order valence-corrected chi connectivity index (χ4v) is 3.46. The molecule has 0 aliphatic heterocycles. The lowest BCUT2D eigenvalue weighted by molar-refractivity contribution is -0.155. The summed E-state index contributed by atoms with van der Waals surface area (Å²) in [6.45, 7) is 1.22. The molecule has 0 fully saturated rings. The highest BCUT2D eigenvalue weighted by Gasteiger charge is 2.19. The maximum absolute atomic E-state index is 12.2. The van der Waals surface area contributed by atoms with Gasteiger partial charge >= 0.3 is 5.97 Å². The zero-order valence-corrected chi connectivity index (χ0v) is 16.3. The van der Waals surface area contributed by atoms with Crippen LogP contribution in [0.2, 0.25) is 10.0 Å². The number of carbonyl (C=O) groups excluding carboxylic acids is 2. The molecule has 0 saturated carbocycles. The van der Waals surface area contributed by atoms with Crippen LogP contribution >= 0.6 is 23.2 Å². The Kier molecular flexibility index (Phi) is 6.24. The number of esters is 1. The lowest BCUT2D eigenvalue weighted by atomic mass is 10.1. The third-order valence-electron chi connectivity index (χ3n) is 4.23. The molecule has 2 aromatic rings. The zero-order valence-electron chi connectivity index (χ0n) is 14.8. The first-order valence-electron chi connectivity index (χ1n) is 8.62. The molecule has 1 atom stereocenters. The molecule has 0 heterocycles. The highest BCUT2D eigenvalue weighted by Crippen LogP contribution is 2.26. The van der Waals surface area contributed by atoms with Gasteiger partial charge in [-0.3, -0.25) is 4.79 Å². The van der Waals surface area contributed by atoms with Crippen molar-refractivity contribution >= 4 is 40.8 Å². The smallest absolute Gasteiger partial charge is 0.344 e. The van der Waals surface area contributed by atoms with Gasteiger partial charge in [-0.25, -0.2) is 4.79 Å². The van der Waals surface area contributed by atoms with Crippen LogP contribution in [-0.2, 0) is 27.2 Å². The molecule has 0 bridgehead atoms. The monoisotopic (exact) mass is 407 g/mol. The Morgan fingerprint density at radius 1 is 1.07 bits per heavy atom. The van der Waals surface area contributed by atoms with Gasteiger partial charge < -0.3 is 14.8 Å². The molecule has 142 valence electrons. The lowest BCUT2D eigenvalue weighted by Gasteiger charge is -2.14. The fourth-order valence-electron chi connectivity index (χ4n) is 2.93. The number of aryl methyl sites for hydroxylation is 2. The van der Waals surface area contributed by atoms with E-state index < -0.39 is 18.0 Å². The second-order valence-corrected chi connectivity index (χ2v) is 7.23. The van der Waals surface area contributed by atoms with Crippen LogP contribution in [0.3, 0.4) is 0 Å². The second-order valence-electron chi connectivity index (χ2n) is 6.35. The van der Waals surface area contributed by atoms with Crippen molar-refractivity contribution in [3.8, 4) is 5.75 Å². The SMILES string of the molecule is CC(OC(=O)COc1ccc2c(c1)CCC2)C(=O)Nc1cc(Cl)cc(Cl)c1. The van der Waals surface area contributed by atoms with Crippen molar-refractivity contribution in [2.75, 3.05) is 11.9 Å². The van der Waals surface area contributed by atoms with E-state index in [1.165, 1.54) is 18.1 Å². The van der Waals surface area contributed by atoms with E-state index in [1.807, 2.05) is 18.2 Å². The predicted molar refractivity (Wildman–Crippen MR) is 105 cm³/mol. The van der Waals surface area contributed by atoms with Gasteiger partial charge in [-0.1, -0.05) is 29.3 Å². The molecule has 1 amide bonds. The van der Waals surface area contributed by atoms with Crippen LogP contribution in [0.5, 0.6) is 5.75 Å². The molecular formula is C20H19Cl2NO4. The van der Waals surface area contributed by atoms with E-state index in [1.54, 1.807) is 18.2 Å². The van der Waals surface area contributed by atoms with E-state index in [4.69, 9.17) is 32.7 Å². The Bertz CT molecular complexity index is 849. The summed E-state index contributed by atoms with van der Waals surface area (Å²) in [4.78, 5) is 24.1. The maximum Gasteiger partial charge on any atom is 0.344 e. The van der Waals surface area contributed by atoms with Gasteiger partial charge in [-0.2, -0.15) is 0 Å². The number of rotatable bonds is 6. The van der Waals surface area contributed by atoms with E-state index in [-0.39, 0.29) is 6.61 Å². The minimum Gasteiger partial charge on any atom is -0.482 e. The van der Waals surface area contributed by atoms with Crippen molar-refractivity contribution in [2.45, 2.75) is 32.3 Å². The van der Waals surface area contributed by atoms with Gasteiger partial charge in [0.25, 0.3) is 5.91 Å². The number of hydrogen-bond acceptors (Lipinski definition) is 4. The molecule has 3 rings (SSSR count). The molecule has 0 radical (unpaired) electrons. The molecule has 1 aliphatic rings. The maximum atomic E-state index is 12.2. The van der Waals surface area contributed by atoms with Gasteiger partial charge in [-0.05, 0) is 67.6 Å². The van der Waals surface area contributed by atoms with Crippen LogP contribution in [0.15, 0.2) is 36.4 Å². The Morgan fingerprint density at radius 3 is 2.52 bits per heavy atom. The highest BCUT2D eigenvalue weighted by molar-refractivity contribution is 6.35. The topological polar surface area (TPSA) is 64.6 Å². The van der Waals surface area contributed by atoms with E-state index in [9.17, 15) is 9.59 Å². The molecular weight excluding hydrogens is 389 g/mol. The minimum atomic E-state index is -0.987. The number of amides is 1. The quantitative estimate of drug-likeness (QED) is 0.719. The molecule has 0 saturated heterocycles. The standard InChI is InChI=1S/C20H19Cl2NO4/c1-12(20(25)23-17-9-15(21)8-16(22)10-17)27-19(24)11-26-18-6-5-13-3-2-4-14(13)7-18/h5-10,12H,2-4,11H2,1H3,(H,23,25). The number of ether oxygens (including phenoxy) is 2. The lowest BCUT2D eigenvalue weighted by Crippen LogP contribution is -2.31. The summed E-state index contributed by atoms with van der Waals surface area (Å²) in [5.41, 5.74) is 3.01. The first kappa shape index (κ1) is 19.5. The number of halogens is 2. The average molecular weight is 408 g/mol. The fraction of sp³-hybridized carbons (Fsp3) is 0.300. The zero-order chi connectivity index (χ0) is 19.4. The summed E-state index contributed by atoms with van der Waals surface area (Å²) in [7, 11) is 0. The van der Waals surface area contributed by atoms with Gasteiger partial charge in [0.15, 0.2) is 12.7 Å². The molecule has 0 aromatic heterocycles. The summed E-state index contributed by atoms with van der Waals surface area (Å²) in [6, 6.07) is 10.5. The van der Waals surface area contributed by atoms with Gasteiger partial charge in [-0.15, -0.1) is 0 Å². The first-order valence-corrected chi connectivity index (χ1v) is 9.37. The Labute approximate surface area is 167 Å². The number of anilines is 1. The Hall–Kier alpha value is -2.24. The molecule has 7 heteroatoms. The highest BCUT2D eigenvalue weighted by atomic mass is 35.5. The largest absolute Gasteiger partial charge is 0.482 e. The normalized spacial score (nSPS) is 13.6. The third-order valence-corrected chi connectivity index (χ3v) is 4.67.